The molecule has 0 saturated carbocycles. The molecular weight excluding hydrogens is 484 g/mol. The van der Waals surface area contributed by atoms with Crippen molar-refractivity contribution >= 4 is 28.6 Å². The van der Waals surface area contributed by atoms with Crippen LogP contribution in [-0.2, 0) is 15.1 Å². The molecule has 5 atom stereocenters. The molecule has 3 N–H and O–H groups in total. The van der Waals surface area contributed by atoms with Crippen molar-refractivity contribution < 1.29 is 28.5 Å². The lowest BCUT2D eigenvalue weighted by Gasteiger charge is -2.34. The van der Waals surface area contributed by atoms with Crippen LogP contribution in [0.15, 0.2) is 18.3 Å². The Kier molecular flexibility index (Phi) is 5.96. The highest BCUT2D eigenvalue weighted by Crippen LogP contribution is 2.36. The first kappa shape index (κ1) is 24.3. The first-order valence-electron chi connectivity index (χ1n) is 11.3. The van der Waals surface area contributed by atoms with Gasteiger partial charge in [0.2, 0.25) is 5.95 Å². The van der Waals surface area contributed by atoms with E-state index in [-0.39, 0.29) is 34.8 Å². The van der Waals surface area contributed by atoms with Gasteiger partial charge in [0.25, 0.3) is 0 Å². The summed E-state index contributed by atoms with van der Waals surface area (Å²) in [6.45, 7) is 7.08. The van der Waals surface area contributed by atoms with Gasteiger partial charge in [-0.25, -0.2) is 23.7 Å². The Labute approximate surface area is 205 Å². The van der Waals surface area contributed by atoms with Crippen molar-refractivity contribution in [2.75, 3.05) is 11.9 Å². The van der Waals surface area contributed by atoms with E-state index >= 15 is 4.39 Å². The number of nitrogens with zero attached hydrogens (tertiary/aromatic N) is 4. The molecule has 2 saturated heterocycles. The standard InChI is InChI=1S/C23H26ClF2N5O4/c1-9(2)31-13-6-10(5-12(25)17(13)28-21(31)23(3,4)33)16-11(24)7-27-22(29-16)30-18-15(26)20-34-8-14(35-20)19(18)32/h5-7,9,14-15,18-20,32-33H,8H2,1-4H3,(H,27,29,30)/t14-,15+,18+,19+,20-/m0/s1. The number of anilines is 1. The average molecular weight is 510 g/mol. The van der Waals surface area contributed by atoms with Crippen LogP contribution >= 0.6 is 11.6 Å². The fourth-order valence-electron chi connectivity index (χ4n) is 4.57. The first-order valence-corrected chi connectivity index (χ1v) is 11.7. The summed E-state index contributed by atoms with van der Waals surface area (Å²) in [7, 11) is 0. The minimum Gasteiger partial charge on any atom is -0.388 e. The SMILES string of the molecule is CC(C)n1c(C(C)(C)O)nc2c(F)cc(-c3nc(N[C@H]4[C@H](O)[C@@H]5CO[C@@H](O5)[C@@H]4F)ncc3Cl)cc21. The topological polar surface area (TPSA) is 115 Å². The fourth-order valence-corrected chi connectivity index (χ4v) is 4.77. The van der Waals surface area contributed by atoms with Gasteiger partial charge in [0.05, 0.1) is 35.1 Å². The van der Waals surface area contributed by atoms with E-state index in [2.05, 4.69) is 20.3 Å². The smallest absolute Gasteiger partial charge is 0.223 e. The summed E-state index contributed by atoms with van der Waals surface area (Å²) in [6, 6.07) is 1.75. The molecule has 1 aromatic carbocycles. The molecule has 35 heavy (non-hydrogen) atoms. The zero-order chi connectivity index (χ0) is 25.2. The molecule has 2 aliphatic heterocycles. The monoisotopic (exact) mass is 509 g/mol. The molecule has 188 valence electrons. The van der Waals surface area contributed by atoms with Crippen molar-refractivity contribution in [1.82, 2.24) is 19.5 Å². The van der Waals surface area contributed by atoms with Crippen LogP contribution in [0.1, 0.15) is 39.6 Å². The number of fused-ring (bicyclic) bond motifs is 3. The maximum absolute atomic E-state index is 15.2. The first-order chi connectivity index (χ1) is 16.5. The number of aliphatic hydroxyl groups excluding tert-OH is 1. The van der Waals surface area contributed by atoms with Crippen molar-refractivity contribution in [1.29, 1.82) is 0 Å². The summed E-state index contributed by atoms with van der Waals surface area (Å²) < 4.78 is 42.3. The van der Waals surface area contributed by atoms with E-state index in [1.54, 1.807) is 24.5 Å². The van der Waals surface area contributed by atoms with Crippen LogP contribution in [0.4, 0.5) is 14.7 Å². The van der Waals surface area contributed by atoms with Gasteiger partial charge in [0.1, 0.15) is 29.2 Å². The molecule has 9 nitrogen and oxygen atoms in total. The predicted octanol–water partition coefficient (Wildman–Crippen LogP) is 3.33. The number of hydrogen-bond donors (Lipinski definition) is 3. The van der Waals surface area contributed by atoms with Gasteiger partial charge in [0.15, 0.2) is 18.3 Å². The van der Waals surface area contributed by atoms with Gasteiger partial charge < -0.3 is 29.6 Å². The third-order valence-corrected chi connectivity index (χ3v) is 6.49. The summed E-state index contributed by atoms with van der Waals surface area (Å²) >= 11 is 6.37. The lowest BCUT2D eigenvalue weighted by Crippen LogP contribution is -2.55. The van der Waals surface area contributed by atoms with E-state index in [4.69, 9.17) is 21.1 Å². The summed E-state index contributed by atoms with van der Waals surface area (Å²) in [5, 5.41) is 24.0. The van der Waals surface area contributed by atoms with Gasteiger partial charge in [0, 0.05) is 11.6 Å². The molecule has 0 unspecified atom stereocenters. The fraction of sp³-hybridized carbons (Fsp3) is 0.522. The van der Waals surface area contributed by atoms with Crippen LogP contribution in [0, 0.1) is 5.82 Å². The largest absolute Gasteiger partial charge is 0.388 e. The molecule has 2 bridgehead atoms. The van der Waals surface area contributed by atoms with E-state index in [1.165, 1.54) is 12.3 Å². The van der Waals surface area contributed by atoms with Gasteiger partial charge in [-0.2, -0.15) is 0 Å². The van der Waals surface area contributed by atoms with E-state index < -0.39 is 42.1 Å². The molecule has 3 aromatic rings. The molecule has 0 spiro atoms. The highest BCUT2D eigenvalue weighted by Gasteiger charge is 2.51. The van der Waals surface area contributed by atoms with Gasteiger partial charge >= 0.3 is 0 Å². The zero-order valence-corrected chi connectivity index (χ0v) is 20.3. The number of imidazole rings is 1. The summed E-state index contributed by atoms with van der Waals surface area (Å²) in [6.07, 6.45) is -3.25. The van der Waals surface area contributed by atoms with Gasteiger partial charge in [-0.15, -0.1) is 0 Å². The second-order valence-corrected chi connectivity index (χ2v) is 10.1. The molecule has 5 rings (SSSR count). The molecule has 4 heterocycles. The van der Waals surface area contributed by atoms with Crippen LogP contribution in [-0.4, -0.2) is 67.1 Å². The number of benzene rings is 1. The lowest BCUT2D eigenvalue weighted by molar-refractivity contribution is -0.164. The molecule has 2 fully saturated rings. The van der Waals surface area contributed by atoms with Crippen LogP contribution in [0.5, 0.6) is 0 Å². The molecule has 12 heteroatoms. The Morgan fingerprint density at radius 1 is 1.29 bits per heavy atom. The van der Waals surface area contributed by atoms with Crippen molar-refractivity contribution in [2.24, 2.45) is 0 Å². The van der Waals surface area contributed by atoms with E-state index in [0.717, 1.165) is 0 Å². The Morgan fingerprint density at radius 2 is 2.03 bits per heavy atom. The molecule has 0 aliphatic carbocycles. The average Bonchev–Trinajstić information content (AvgIpc) is 3.40. The van der Waals surface area contributed by atoms with E-state index in [0.29, 0.717) is 16.9 Å². The second-order valence-electron chi connectivity index (χ2n) is 9.66. The van der Waals surface area contributed by atoms with Crippen LogP contribution < -0.4 is 5.32 Å². The maximum Gasteiger partial charge on any atom is 0.223 e. The number of nitrogens with one attached hydrogen (secondary N) is 1. The second kappa shape index (κ2) is 8.59. The normalized spacial score (nSPS) is 26.6. The zero-order valence-electron chi connectivity index (χ0n) is 19.5. The number of alkyl halides is 1. The number of aliphatic hydroxyl groups is 2. The van der Waals surface area contributed by atoms with Crippen molar-refractivity contribution in [2.45, 2.75) is 70.0 Å². The van der Waals surface area contributed by atoms with Gasteiger partial charge in [-0.05, 0) is 39.8 Å². The molecular formula is C23H26ClF2N5O4. The third-order valence-electron chi connectivity index (χ3n) is 6.21. The highest BCUT2D eigenvalue weighted by molar-refractivity contribution is 6.33. The summed E-state index contributed by atoms with van der Waals surface area (Å²) in [5.41, 5.74) is -0.154. The number of aromatic nitrogens is 4. The van der Waals surface area contributed by atoms with E-state index in [1.807, 2.05) is 13.8 Å². The minimum atomic E-state index is -1.65. The summed E-state index contributed by atoms with van der Waals surface area (Å²) in [4.78, 5) is 12.9. The Bertz CT molecular complexity index is 1270. The van der Waals surface area contributed by atoms with E-state index in [9.17, 15) is 14.6 Å². The van der Waals surface area contributed by atoms with Crippen LogP contribution in [0.3, 0.4) is 0 Å². The molecule has 2 aliphatic rings. The van der Waals surface area contributed by atoms with Gasteiger partial charge in [-0.3, -0.25) is 0 Å². The number of ether oxygens (including phenoxy) is 2. The maximum atomic E-state index is 15.2. The third kappa shape index (κ3) is 4.15. The van der Waals surface area contributed by atoms with Crippen LogP contribution in [0.25, 0.3) is 22.3 Å². The van der Waals surface area contributed by atoms with Gasteiger partial charge in [-0.1, -0.05) is 11.6 Å². The predicted molar refractivity (Wildman–Crippen MR) is 124 cm³/mol. The number of halogens is 3. The lowest BCUT2D eigenvalue weighted by atomic mass is 9.99. The van der Waals surface area contributed by atoms with Crippen molar-refractivity contribution in [3.63, 3.8) is 0 Å². The van der Waals surface area contributed by atoms with Crippen molar-refractivity contribution in [3.05, 3.63) is 35.0 Å². The summed E-state index contributed by atoms with van der Waals surface area (Å²) in [5.74, 6) is -0.273. The molecule has 0 amide bonds. The minimum absolute atomic E-state index is 0.00690. The number of hydrogen-bond acceptors (Lipinski definition) is 8. The quantitative estimate of drug-likeness (QED) is 0.480. The molecule has 0 radical (unpaired) electrons. The number of rotatable bonds is 5. The van der Waals surface area contributed by atoms with Crippen LogP contribution in [0.2, 0.25) is 5.02 Å². The Hall–Kier alpha value is -2.44. The highest BCUT2D eigenvalue weighted by atomic mass is 35.5. The Balaban J connectivity index is 1.56. The molecule has 2 aromatic heterocycles. The van der Waals surface area contributed by atoms with Crippen molar-refractivity contribution in [3.8, 4) is 11.3 Å². The Morgan fingerprint density at radius 3 is 2.71 bits per heavy atom.